The third-order valence-electron chi connectivity index (χ3n) is 5.60. The highest BCUT2D eigenvalue weighted by Crippen LogP contribution is 2.43. The first kappa shape index (κ1) is 20.6. The predicted molar refractivity (Wildman–Crippen MR) is 124 cm³/mol. The molecule has 0 aliphatic heterocycles. The molecular formula is C25H28N2O2S. The lowest BCUT2D eigenvalue weighted by Gasteiger charge is -2.24. The van der Waals surface area contributed by atoms with Crippen LogP contribution in [-0.4, -0.2) is 17.1 Å². The van der Waals surface area contributed by atoms with Gasteiger partial charge in [-0.05, 0) is 61.4 Å². The van der Waals surface area contributed by atoms with E-state index in [1.807, 2.05) is 54.4 Å². The number of para-hydroxylation sites is 1. The first-order valence-electron chi connectivity index (χ1n) is 10.6. The average molecular weight is 421 g/mol. The van der Waals surface area contributed by atoms with Crippen molar-refractivity contribution in [1.29, 1.82) is 0 Å². The number of nitrogens with zero attached hydrogens (tertiary/aromatic N) is 1. The van der Waals surface area contributed by atoms with Gasteiger partial charge in [-0.1, -0.05) is 55.4 Å². The van der Waals surface area contributed by atoms with E-state index in [1.165, 1.54) is 30.2 Å². The molecule has 1 aromatic heterocycles. The molecule has 4 nitrogen and oxygen atoms in total. The maximum absolute atomic E-state index is 12.9. The molecule has 0 bridgehead atoms. The van der Waals surface area contributed by atoms with Gasteiger partial charge in [0.05, 0.1) is 0 Å². The van der Waals surface area contributed by atoms with Crippen molar-refractivity contribution in [2.45, 2.75) is 54.7 Å². The molecule has 0 atom stereocenters. The van der Waals surface area contributed by atoms with E-state index < -0.39 is 0 Å². The molecule has 0 amide bonds. The van der Waals surface area contributed by atoms with E-state index >= 15 is 0 Å². The topological polar surface area (TPSA) is 56.3 Å². The minimum absolute atomic E-state index is 0.0486. The molecule has 1 fully saturated rings. The van der Waals surface area contributed by atoms with Gasteiger partial charge in [0.2, 0.25) is 0 Å². The molecule has 5 heteroatoms. The Kier molecular flexibility index (Phi) is 6.18. The lowest BCUT2D eigenvalue weighted by Crippen LogP contribution is -2.19. The summed E-state index contributed by atoms with van der Waals surface area (Å²) in [7, 11) is 1.93. The monoisotopic (exact) mass is 420 g/mol. The molecule has 1 aliphatic carbocycles. The summed E-state index contributed by atoms with van der Waals surface area (Å²) in [5.74, 6) is 0.748. The van der Waals surface area contributed by atoms with E-state index in [4.69, 9.17) is 0 Å². The molecule has 0 unspecified atom stereocenters. The molecule has 1 heterocycles. The normalized spacial score (nSPS) is 13.4. The Bertz CT molecular complexity index is 1060. The lowest BCUT2D eigenvalue weighted by atomic mass is 10.1. The zero-order valence-corrected chi connectivity index (χ0v) is 18.3. The third-order valence-corrected chi connectivity index (χ3v) is 6.69. The van der Waals surface area contributed by atoms with Gasteiger partial charge in [-0.15, -0.1) is 0 Å². The van der Waals surface area contributed by atoms with Crippen molar-refractivity contribution in [1.82, 2.24) is 4.98 Å². The number of pyridine rings is 1. The van der Waals surface area contributed by atoms with Crippen LogP contribution in [0.3, 0.4) is 0 Å². The summed E-state index contributed by atoms with van der Waals surface area (Å²) in [5, 5.41) is 11.2. The number of nitrogens with one attached hydrogen (secondary N) is 1. The molecular weight excluding hydrogens is 392 g/mol. The highest BCUT2D eigenvalue weighted by Gasteiger charge is 2.24. The Morgan fingerprint density at radius 1 is 1.10 bits per heavy atom. The van der Waals surface area contributed by atoms with Gasteiger partial charge < -0.3 is 15.0 Å². The molecule has 156 valence electrons. The summed E-state index contributed by atoms with van der Waals surface area (Å²) in [6.07, 6.45) is 5.21. The maximum Gasteiger partial charge on any atom is 0.266 e. The summed E-state index contributed by atoms with van der Waals surface area (Å²) in [6, 6.07) is 18.3. The van der Waals surface area contributed by atoms with Crippen LogP contribution in [0.2, 0.25) is 0 Å². The van der Waals surface area contributed by atoms with Crippen molar-refractivity contribution in [2.24, 2.45) is 0 Å². The minimum atomic E-state index is -0.236. The van der Waals surface area contributed by atoms with Crippen LogP contribution >= 0.6 is 11.8 Å². The molecule has 1 aliphatic rings. The van der Waals surface area contributed by atoms with Crippen LogP contribution in [0.5, 0.6) is 5.75 Å². The van der Waals surface area contributed by atoms with Crippen LogP contribution in [0.25, 0.3) is 0 Å². The van der Waals surface area contributed by atoms with E-state index in [9.17, 15) is 9.90 Å². The van der Waals surface area contributed by atoms with Crippen LogP contribution in [0.4, 0.5) is 11.4 Å². The first-order chi connectivity index (χ1) is 14.6. The van der Waals surface area contributed by atoms with Crippen molar-refractivity contribution in [2.75, 3.05) is 11.9 Å². The van der Waals surface area contributed by atoms with Gasteiger partial charge in [-0.3, -0.25) is 4.79 Å². The standard InChI is InChI=1S/C25H28N2O2S/c1-3-4-10-21-22(27(2)19-8-6-5-7-9-19)23(28)24(25(29)26-21)30-20-15-13-18(14-16-20)17-11-12-17/h5-9,13-17H,3-4,10-12H2,1-2H3,(H2,26,28,29). The fraction of sp³-hybridized carbons (Fsp3) is 0.320. The fourth-order valence-corrected chi connectivity index (χ4v) is 4.57. The van der Waals surface area contributed by atoms with Crippen molar-refractivity contribution < 1.29 is 5.11 Å². The van der Waals surface area contributed by atoms with Gasteiger partial charge in [-0.25, -0.2) is 0 Å². The van der Waals surface area contributed by atoms with Crippen LogP contribution in [0.15, 0.2) is 69.2 Å². The summed E-state index contributed by atoms with van der Waals surface area (Å²) < 4.78 is 0. The second-order valence-corrected chi connectivity index (χ2v) is 8.99. The lowest BCUT2D eigenvalue weighted by molar-refractivity contribution is 0.459. The van der Waals surface area contributed by atoms with Crippen molar-refractivity contribution >= 4 is 23.1 Å². The number of aromatic hydroxyl groups is 1. The van der Waals surface area contributed by atoms with Crippen LogP contribution in [0, 0.1) is 0 Å². The summed E-state index contributed by atoms with van der Waals surface area (Å²) in [4.78, 5) is 19.2. The maximum atomic E-state index is 12.9. The molecule has 4 rings (SSSR count). The molecule has 0 radical (unpaired) electrons. The smallest absolute Gasteiger partial charge is 0.266 e. The first-order valence-corrected chi connectivity index (χ1v) is 11.4. The fourth-order valence-electron chi connectivity index (χ4n) is 3.72. The average Bonchev–Trinajstić information content (AvgIpc) is 3.61. The number of unbranched alkanes of at least 4 members (excludes halogenated alkanes) is 1. The molecule has 0 spiro atoms. The number of anilines is 2. The molecule has 1 saturated carbocycles. The molecule has 2 aromatic carbocycles. The number of H-pyrrole nitrogens is 1. The summed E-state index contributed by atoms with van der Waals surface area (Å²) in [6.45, 7) is 2.12. The van der Waals surface area contributed by atoms with E-state index in [-0.39, 0.29) is 11.3 Å². The highest BCUT2D eigenvalue weighted by molar-refractivity contribution is 7.99. The quantitative estimate of drug-likeness (QED) is 0.454. The largest absolute Gasteiger partial charge is 0.504 e. The van der Waals surface area contributed by atoms with Crippen LogP contribution in [-0.2, 0) is 6.42 Å². The van der Waals surface area contributed by atoms with E-state index in [2.05, 4.69) is 24.0 Å². The molecule has 30 heavy (non-hydrogen) atoms. The number of benzene rings is 2. The Morgan fingerprint density at radius 2 is 1.80 bits per heavy atom. The van der Waals surface area contributed by atoms with E-state index in [0.717, 1.165) is 29.1 Å². The third kappa shape index (κ3) is 4.41. The van der Waals surface area contributed by atoms with E-state index in [0.29, 0.717) is 22.9 Å². The van der Waals surface area contributed by atoms with E-state index in [1.54, 1.807) is 0 Å². The predicted octanol–water partition coefficient (Wildman–Crippen LogP) is 6.22. The Hall–Kier alpha value is -2.66. The Labute approximate surface area is 182 Å². The molecule has 2 N–H and O–H groups in total. The van der Waals surface area contributed by atoms with Crippen molar-refractivity contribution in [3.8, 4) is 5.75 Å². The van der Waals surface area contributed by atoms with Crippen molar-refractivity contribution in [3.05, 3.63) is 76.2 Å². The zero-order chi connectivity index (χ0) is 21.1. The van der Waals surface area contributed by atoms with Gasteiger partial charge in [0.25, 0.3) is 5.56 Å². The Balaban J connectivity index is 1.72. The second-order valence-electron chi connectivity index (χ2n) is 7.90. The van der Waals surface area contributed by atoms with Gasteiger partial charge in [0.1, 0.15) is 10.6 Å². The van der Waals surface area contributed by atoms with Gasteiger partial charge in [-0.2, -0.15) is 0 Å². The summed E-state index contributed by atoms with van der Waals surface area (Å²) in [5.41, 5.74) is 3.53. The number of aryl methyl sites for hydroxylation is 1. The van der Waals surface area contributed by atoms with Gasteiger partial charge in [0.15, 0.2) is 5.75 Å². The second kappa shape index (κ2) is 9.00. The van der Waals surface area contributed by atoms with Gasteiger partial charge in [0, 0.05) is 23.3 Å². The van der Waals surface area contributed by atoms with Crippen molar-refractivity contribution in [3.63, 3.8) is 0 Å². The Morgan fingerprint density at radius 3 is 2.43 bits per heavy atom. The number of hydrogen-bond acceptors (Lipinski definition) is 4. The highest BCUT2D eigenvalue weighted by atomic mass is 32.2. The SMILES string of the molecule is CCCCc1[nH]c(=O)c(Sc2ccc(C3CC3)cc2)c(O)c1N(C)c1ccccc1. The zero-order valence-electron chi connectivity index (χ0n) is 17.5. The molecule has 3 aromatic rings. The number of aromatic amines is 1. The number of hydrogen-bond donors (Lipinski definition) is 2. The number of rotatable bonds is 8. The van der Waals surface area contributed by atoms with Crippen LogP contribution in [0.1, 0.15) is 49.8 Å². The summed E-state index contributed by atoms with van der Waals surface area (Å²) >= 11 is 1.32. The van der Waals surface area contributed by atoms with Gasteiger partial charge >= 0.3 is 0 Å². The molecule has 0 saturated heterocycles. The number of aromatic nitrogens is 1. The van der Waals surface area contributed by atoms with Crippen LogP contribution < -0.4 is 10.5 Å². The minimum Gasteiger partial charge on any atom is -0.504 e.